The molecular formula is C21H20N2O5. The van der Waals surface area contributed by atoms with E-state index in [0.717, 1.165) is 5.56 Å². The molecule has 7 nitrogen and oxygen atoms in total. The molecule has 2 aromatic carbocycles. The Hall–Kier alpha value is -3.48. The van der Waals surface area contributed by atoms with E-state index in [4.69, 9.17) is 4.74 Å². The quantitative estimate of drug-likeness (QED) is 0.471. The minimum Gasteiger partial charge on any atom is -0.462 e. The minimum atomic E-state index is -0.501. The molecule has 0 saturated heterocycles. The Morgan fingerprint density at radius 1 is 1.18 bits per heavy atom. The molecule has 1 heterocycles. The number of nitrogens with one attached hydrogen (secondary N) is 1. The molecule has 0 aliphatic carbocycles. The first-order valence-electron chi connectivity index (χ1n) is 8.91. The van der Waals surface area contributed by atoms with Crippen molar-refractivity contribution in [2.45, 2.75) is 25.7 Å². The van der Waals surface area contributed by atoms with Crippen molar-refractivity contribution in [3.63, 3.8) is 0 Å². The Labute approximate surface area is 162 Å². The van der Waals surface area contributed by atoms with E-state index < -0.39 is 16.8 Å². The number of nitro groups is 1. The average molecular weight is 380 g/mol. The number of nitro benzene ring substituents is 1. The van der Waals surface area contributed by atoms with Gasteiger partial charge in [0.05, 0.1) is 17.1 Å². The number of hydrogen-bond acceptors (Lipinski definition) is 5. The van der Waals surface area contributed by atoms with Crippen molar-refractivity contribution >= 4 is 17.6 Å². The number of rotatable bonds is 6. The summed E-state index contributed by atoms with van der Waals surface area (Å²) in [6, 6.07) is 15.6. The van der Waals surface area contributed by atoms with E-state index in [9.17, 15) is 19.7 Å². The van der Waals surface area contributed by atoms with Crippen LogP contribution in [0.25, 0.3) is 0 Å². The number of esters is 1. The lowest BCUT2D eigenvalue weighted by Gasteiger charge is -2.26. The van der Waals surface area contributed by atoms with Gasteiger partial charge in [0.2, 0.25) is 5.91 Å². The van der Waals surface area contributed by atoms with Gasteiger partial charge in [-0.05, 0) is 18.1 Å². The Morgan fingerprint density at radius 3 is 2.50 bits per heavy atom. The summed E-state index contributed by atoms with van der Waals surface area (Å²) in [4.78, 5) is 35.1. The maximum Gasteiger partial charge on any atom is 0.336 e. The molecule has 0 aromatic heterocycles. The normalized spacial score (nSPS) is 16.5. The molecule has 28 heavy (non-hydrogen) atoms. The topological polar surface area (TPSA) is 98.5 Å². The summed E-state index contributed by atoms with van der Waals surface area (Å²) in [6.45, 7) is 1.88. The lowest BCUT2D eigenvalue weighted by Crippen LogP contribution is -2.34. The Balaban J connectivity index is 1.77. The fourth-order valence-corrected chi connectivity index (χ4v) is 3.27. The van der Waals surface area contributed by atoms with E-state index in [1.807, 2.05) is 30.3 Å². The number of amides is 1. The number of allylic oxidation sites excluding steroid dienone is 1. The van der Waals surface area contributed by atoms with Gasteiger partial charge in [-0.2, -0.15) is 0 Å². The van der Waals surface area contributed by atoms with Crippen molar-refractivity contribution in [3.05, 3.63) is 87.1 Å². The second kappa shape index (κ2) is 8.47. The van der Waals surface area contributed by atoms with Crippen LogP contribution in [0, 0.1) is 10.1 Å². The molecule has 7 heteroatoms. The minimum absolute atomic E-state index is 0.0447. The van der Waals surface area contributed by atoms with E-state index in [-0.39, 0.29) is 24.6 Å². The van der Waals surface area contributed by atoms with E-state index in [1.165, 1.54) is 12.1 Å². The number of non-ortho nitro benzene ring substituents is 1. The SMILES string of the molecule is CC1=C(C(=O)OCCc2ccccc2)C(c2ccc([N+](=O)[O-])cc2)CC(=O)N1. The van der Waals surface area contributed by atoms with Gasteiger partial charge >= 0.3 is 5.97 Å². The Bertz CT molecular complexity index is 920. The second-order valence-electron chi connectivity index (χ2n) is 6.56. The fraction of sp³-hybridized carbons (Fsp3) is 0.238. The lowest BCUT2D eigenvalue weighted by atomic mass is 9.84. The van der Waals surface area contributed by atoms with Crippen molar-refractivity contribution in [3.8, 4) is 0 Å². The van der Waals surface area contributed by atoms with Crippen molar-refractivity contribution in [2.75, 3.05) is 6.61 Å². The van der Waals surface area contributed by atoms with Gasteiger partial charge in [-0.1, -0.05) is 42.5 Å². The highest BCUT2D eigenvalue weighted by atomic mass is 16.6. The Kier molecular flexibility index (Phi) is 5.84. The number of nitrogens with zero attached hydrogens (tertiary/aromatic N) is 1. The number of carbonyl (C=O) groups excluding carboxylic acids is 2. The summed E-state index contributed by atoms with van der Waals surface area (Å²) in [5, 5.41) is 13.5. The first-order chi connectivity index (χ1) is 13.5. The van der Waals surface area contributed by atoms with E-state index >= 15 is 0 Å². The molecule has 3 rings (SSSR count). The highest BCUT2D eigenvalue weighted by Gasteiger charge is 2.32. The van der Waals surface area contributed by atoms with Crippen LogP contribution in [0.15, 0.2) is 65.9 Å². The van der Waals surface area contributed by atoms with Crippen LogP contribution in [0.4, 0.5) is 5.69 Å². The maximum absolute atomic E-state index is 12.7. The maximum atomic E-state index is 12.7. The molecule has 1 unspecified atom stereocenters. The second-order valence-corrected chi connectivity index (χ2v) is 6.56. The van der Waals surface area contributed by atoms with Gasteiger partial charge in [0, 0.05) is 36.6 Å². The van der Waals surface area contributed by atoms with Gasteiger partial charge in [0.25, 0.3) is 5.69 Å². The zero-order valence-electron chi connectivity index (χ0n) is 15.4. The summed E-state index contributed by atoms with van der Waals surface area (Å²) in [5.41, 5.74) is 2.50. The van der Waals surface area contributed by atoms with Crippen LogP contribution in [-0.2, 0) is 20.7 Å². The largest absolute Gasteiger partial charge is 0.462 e. The molecular weight excluding hydrogens is 360 g/mol. The first-order valence-corrected chi connectivity index (χ1v) is 8.91. The molecule has 1 amide bonds. The zero-order valence-corrected chi connectivity index (χ0v) is 15.4. The molecule has 0 bridgehead atoms. The number of hydrogen-bond donors (Lipinski definition) is 1. The molecule has 1 atom stereocenters. The molecule has 0 fully saturated rings. The number of carbonyl (C=O) groups is 2. The van der Waals surface area contributed by atoms with Crippen LogP contribution in [-0.4, -0.2) is 23.4 Å². The van der Waals surface area contributed by atoms with Gasteiger partial charge in [-0.25, -0.2) is 4.79 Å². The smallest absolute Gasteiger partial charge is 0.336 e. The van der Waals surface area contributed by atoms with Crippen molar-refractivity contribution in [1.29, 1.82) is 0 Å². The van der Waals surface area contributed by atoms with Crippen molar-refractivity contribution in [1.82, 2.24) is 5.32 Å². The van der Waals surface area contributed by atoms with Crippen LogP contribution in [0.5, 0.6) is 0 Å². The predicted octanol–water partition coefficient (Wildman–Crippen LogP) is 3.26. The summed E-state index contributed by atoms with van der Waals surface area (Å²) in [7, 11) is 0. The summed E-state index contributed by atoms with van der Waals surface area (Å²) < 4.78 is 5.45. The van der Waals surface area contributed by atoms with Gasteiger partial charge in [-0.3, -0.25) is 14.9 Å². The van der Waals surface area contributed by atoms with Crippen LogP contribution in [0.3, 0.4) is 0 Å². The zero-order chi connectivity index (χ0) is 20.1. The molecule has 0 spiro atoms. The van der Waals surface area contributed by atoms with Crippen LogP contribution < -0.4 is 5.32 Å². The highest BCUT2D eigenvalue weighted by molar-refractivity contribution is 5.95. The third kappa shape index (κ3) is 4.43. The van der Waals surface area contributed by atoms with Gasteiger partial charge < -0.3 is 10.1 Å². The lowest BCUT2D eigenvalue weighted by molar-refractivity contribution is -0.384. The molecule has 1 aliphatic heterocycles. The van der Waals surface area contributed by atoms with E-state index in [0.29, 0.717) is 23.3 Å². The summed E-state index contributed by atoms with van der Waals surface area (Å²) in [6.07, 6.45) is 0.672. The molecule has 144 valence electrons. The van der Waals surface area contributed by atoms with E-state index in [2.05, 4.69) is 5.32 Å². The van der Waals surface area contributed by atoms with Crippen LogP contribution >= 0.6 is 0 Å². The third-order valence-electron chi connectivity index (χ3n) is 4.66. The number of ether oxygens (including phenoxy) is 1. The highest BCUT2D eigenvalue weighted by Crippen LogP contribution is 2.34. The van der Waals surface area contributed by atoms with E-state index in [1.54, 1.807) is 19.1 Å². The summed E-state index contributed by atoms with van der Waals surface area (Å²) >= 11 is 0. The van der Waals surface area contributed by atoms with Crippen LogP contribution in [0.1, 0.15) is 30.4 Å². The molecule has 2 aromatic rings. The predicted molar refractivity (Wildman–Crippen MR) is 102 cm³/mol. The van der Waals surface area contributed by atoms with Crippen LogP contribution in [0.2, 0.25) is 0 Å². The molecule has 0 radical (unpaired) electrons. The third-order valence-corrected chi connectivity index (χ3v) is 4.66. The monoisotopic (exact) mass is 380 g/mol. The average Bonchev–Trinajstić information content (AvgIpc) is 2.68. The molecule has 1 N–H and O–H groups in total. The van der Waals surface area contributed by atoms with Gasteiger partial charge in [0.15, 0.2) is 0 Å². The van der Waals surface area contributed by atoms with Gasteiger partial charge in [0.1, 0.15) is 0 Å². The molecule has 0 saturated carbocycles. The standard InChI is InChI=1S/C21H20N2O5/c1-14-20(21(25)28-12-11-15-5-3-2-4-6-15)18(13-19(24)22-14)16-7-9-17(10-8-16)23(26)27/h2-10,18H,11-13H2,1H3,(H,22,24). The van der Waals surface area contributed by atoms with Gasteiger partial charge in [-0.15, -0.1) is 0 Å². The number of benzene rings is 2. The molecule has 1 aliphatic rings. The van der Waals surface area contributed by atoms with Crippen molar-refractivity contribution < 1.29 is 19.2 Å². The van der Waals surface area contributed by atoms with Crippen molar-refractivity contribution in [2.24, 2.45) is 0 Å². The summed E-state index contributed by atoms with van der Waals surface area (Å²) in [5.74, 6) is -1.20. The Morgan fingerprint density at radius 2 is 1.86 bits per heavy atom. The fourth-order valence-electron chi connectivity index (χ4n) is 3.27. The first kappa shape index (κ1) is 19.3.